The summed E-state index contributed by atoms with van der Waals surface area (Å²) in [5.41, 5.74) is 3.95. The SMILES string of the molecule is CCNCc1ccc(N(CCO)C2CCCC2)c(C)c1. The fourth-order valence-electron chi connectivity index (χ4n) is 3.24. The highest BCUT2D eigenvalue weighted by Gasteiger charge is 2.23. The largest absolute Gasteiger partial charge is 0.395 e. The van der Waals surface area contributed by atoms with Crippen LogP contribution in [-0.2, 0) is 6.54 Å². The molecule has 0 bridgehead atoms. The smallest absolute Gasteiger partial charge is 0.0606 e. The van der Waals surface area contributed by atoms with Gasteiger partial charge in [-0.2, -0.15) is 0 Å². The maximum atomic E-state index is 9.37. The van der Waals surface area contributed by atoms with Crippen LogP contribution in [-0.4, -0.2) is 30.8 Å². The Kier molecular flexibility index (Phi) is 5.86. The molecule has 0 amide bonds. The average Bonchev–Trinajstić information content (AvgIpc) is 2.97. The zero-order valence-corrected chi connectivity index (χ0v) is 12.9. The van der Waals surface area contributed by atoms with Crippen molar-refractivity contribution < 1.29 is 5.11 Å². The second-order valence-corrected chi connectivity index (χ2v) is 5.76. The molecular weight excluding hydrogens is 248 g/mol. The lowest BCUT2D eigenvalue weighted by Crippen LogP contribution is -2.36. The summed E-state index contributed by atoms with van der Waals surface area (Å²) in [6.07, 6.45) is 5.17. The molecule has 3 heteroatoms. The summed E-state index contributed by atoms with van der Waals surface area (Å²) in [5.74, 6) is 0. The highest BCUT2D eigenvalue weighted by Crippen LogP contribution is 2.30. The normalized spacial score (nSPS) is 15.8. The zero-order chi connectivity index (χ0) is 14.4. The van der Waals surface area contributed by atoms with Gasteiger partial charge in [0.25, 0.3) is 0 Å². The Morgan fingerprint density at radius 1 is 1.30 bits per heavy atom. The number of hydrogen-bond acceptors (Lipinski definition) is 3. The monoisotopic (exact) mass is 276 g/mol. The van der Waals surface area contributed by atoms with Crippen molar-refractivity contribution in [2.45, 2.75) is 52.1 Å². The maximum Gasteiger partial charge on any atom is 0.0606 e. The first-order valence-electron chi connectivity index (χ1n) is 7.94. The molecule has 0 heterocycles. The van der Waals surface area contributed by atoms with Gasteiger partial charge < -0.3 is 15.3 Å². The van der Waals surface area contributed by atoms with E-state index in [0.717, 1.165) is 19.6 Å². The Labute approximate surface area is 123 Å². The van der Waals surface area contributed by atoms with Crippen LogP contribution in [0.3, 0.4) is 0 Å². The summed E-state index contributed by atoms with van der Waals surface area (Å²) < 4.78 is 0. The van der Waals surface area contributed by atoms with E-state index in [1.165, 1.54) is 42.5 Å². The van der Waals surface area contributed by atoms with E-state index in [4.69, 9.17) is 0 Å². The van der Waals surface area contributed by atoms with Crippen LogP contribution in [0.1, 0.15) is 43.7 Å². The molecule has 112 valence electrons. The van der Waals surface area contributed by atoms with E-state index < -0.39 is 0 Å². The van der Waals surface area contributed by atoms with Crippen LogP contribution < -0.4 is 10.2 Å². The molecule has 0 aromatic heterocycles. The predicted molar refractivity (Wildman–Crippen MR) is 85.2 cm³/mol. The number of benzene rings is 1. The summed E-state index contributed by atoms with van der Waals surface area (Å²) in [7, 11) is 0. The fourth-order valence-corrected chi connectivity index (χ4v) is 3.24. The van der Waals surface area contributed by atoms with Crippen LogP contribution in [0.15, 0.2) is 18.2 Å². The zero-order valence-electron chi connectivity index (χ0n) is 12.9. The van der Waals surface area contributed by atoms with Crippen molar-refractivity contribution in [1.29, 1.82) is 0 Å². The van der Waals surface area contributed by atoms with Gasteiger partial charge in [-0.1, -0.05) is 31.9 Å². The van der Waals surface area contributed by atoms with Crippen molar-refractivity contribution in [3.63, 3.8) is 0 Å². The van der Waals surface area contributed by atoms with Crippen molar-refractivity contribution in [2.75, 3.05) is 24.6 Å². The number of aliphatic hydroxyl groups excluding tert-OH is 1. The number of aliphatic hydroxyl groups is 1. The van der Waals surface area contributed by atoms with Gasteiger partial charge in [-0.15, -0.1) is 0 Å². The van der Waals surface area contributed by atoms with Gasteiger partial charge in [-0.3, -0.25) is 0 Å². The van der Waals surface area contributed by atoms with E-state index in [0.29, 0.717) is 6.04 Å². The third-order valence-electron chi connectivity index (χ3n) is 4.26. The van der Waals surface area contributed by atoms with Crippen molar-refractivity contribution >= 4 is 5.69 Å². The number of aryl methyl sites for hydroxylation is 1. The highest BCUT2D eigenvalue weighted by atomic mass is 16.3. The first-order valence-corrected chi connectivity index (χ1v) is 7.94. The van der Waals surface area contributed by atoms with Crippen LogP contribution in [0.5, 0.6) is 0 Å². The Bertz CT molecular complexity index is 413. The average molecular weight is 276 g/mol. The van der Waals surface area contributed by atoms with Gasteiger partial charge in [0.05, 0.1) is 6.61 Å². The van der Waals surface area contributed by atoms with E-state index >= 15 is 0 Å². The summed E-state index contributed by atoms with van der Waals surface area (Å²) in [6, 6.07) is 7.33. The van der Waals surface area contributed by atoms with Crippen molar-refractivity contribution in [3.8, 4) is 0 Å². The Morgan fingerprint density at radius 3 is 2.65 bits per heavy atom. The molecule has 1 fully saturated rings. The van der Waals surface area contributed by atoms with E-state index in [-0.39, 0.29) is 6.61 Å². The Balaban J connectivity index is 2.15. The minimum atomic E-state index is 0.231. The van der Waals surface area contributed by atoms with Crippen LogP contribution in [0.4, 0.5) is 5.69 Å². The summed E-state index contributed by atoms with van der Waals surface area (Å²) >= 11 is 0. The van der Waals surface area contributed by atoms with Gasteiger partial charge in [0.15, 0.2) is 0 Å². The first kappa shape index (κ1) is 15.3. The third-order valence-corrected chi connectivity index (χ3v) is 4.26. The number of nitrogens with one attached hydrogen (secondary N) is 1. The number of hydrogen-bond donors (Lipinski definition) is 2. The molecule has 1 saturated carbocycles. The van der Waals surface area contributed by atoms with Gasteiger partial charge >= 0.3 is 0 Å². The molecule has 0 unspecified atom stereocenters. The van der Waals surface area contributed by atoms with Gasteiger partial charge in [0.1, 0.15) is 0 Å². The molecule has 3 nitrogen and oxygen atoms in total. The van der Waals surface area contributed by atoms with Gasteiger partial charge in [-0.05, 0) is 43.5 Å². The molecule has 1 aromatic rings. The molecule has 0 aliphatic heterocycles. The minimum absolute atomic E-state index is 0.231. The molecule has 0 spiro atoms. The summed E-state index contributed by atoms with van der Waals surface area (Å²) in [5, 5.41) is 12.7. The standard InChI is InChI=1S/C17H28N2O/c1-3-18-13-15-8-9-17(14(2)12-15)19(10-11-20)16-6-4-5-7-16/h8-9,12,16,18,20H,3-7,10-11,13H2,1-2H3. The molecule has 20 heavy (non-hydrogen) atoms. The second-order valence-electron chi connectivity index (χ2n) is 5.76. The first-order chi connectivity index (χ1) is 9.76. The quantitative estimate of drug-likeness (QED) is 0.804. The molecule has 0 saturated heterocycles. The van der Waals surface area contributed by atoms with Crippen LogP contribution >= 0.6 is 0 Å². The lowest BCUT2D eigenvalue weighted by Gasteiger charge is -2.32. The lowest BCUT2D eigenvalue weighted by molar-refractivity contribution is 0.297. The van der Waals surface area contributed by atoms with Crippen LogP contribution in [0.2, 0.25) is 0 Å². The molecule has 0 radical (unpaired) electrons. The minimum Gasteiger partial charge on any atom is -0.395 e. The van der Waals surface area contributed by atoms with E-state index in [2.05, 4.69) is 42.3 Å². The molecule has 0 atom stereocenters. The van der Waals surface area contributed by atoms with Gasteiger partial charge in [0, 0.05) is 24.8 Å². The highest BCUT2D eigenvalue weighted by molar-refractivity contribution is 5.55. The second kappa shape index (κ2) is 7.65. The number of nitrogens with zero attached hydrogens (tertiary/aromatic N) is 1. The fraction of sp³-hybridized carbons (Fsp3) is 0.647. The predicted octanol–water partition coefficient (Wildman–Crippen LogP) is 2.85. The maximum absolute atomic E-state index is 9.37. The summed E-state index contributed by atoms with van der Waals surface area (Å²) in [4.78, 5) is 2.42. The van der Waals surface area contributed by atoms with Crippen molar-refractivity contribution in [3.05, 3.63) is 29.3 Å². The lowest BCUT2D eigenvalue weighted by atomic mass is 10.1. The van der Waals surface area contributed by atoms with Gasteiger partial charge in [-0.25, -0.2) is 0 Å². The topological polar surface area (TPSA) is 35.5 Å². The van der Waals surface area contributed by atoms with Gasteiger partial charge in [0.2, 0.25) is 0 Å². The molecule has 1 aliphatic rings. The molecular formula is C17H28N2O. The van der Waals surface area contributed by atoms with E-state index in [1.54, 1.807) is 0 Å². The van der Waals surface area contributed by atoms with E-state index in [1.807, 2.05) is 0 Å². The van der Waals surface area contributed by atoms with E-state index in [9.17, 15) is 5.11 Å². The van der Waals surface area contributed by atoms with Crippen molar-refractivity contribution in [1.82, 2.24) is 5.32 Å². The van der Waals surface area contributed by atoms with Crippen LogP contribution in [0.25, 0.3) is 0 Å². The van der Waals surface area contributed by atoms with Crippen molar-refractivity contribution in [2.24, 2.45) is 0 Å². The molecule has 1 aromatic carbocycles. The Morgan fingerprint density at radius 2 is 2.05 bits per heavy atom. The number of anilines is 1. The molecule has 1 aliphatic carbocycles. The molecule has 2 rings (SSSR count). The summed E-state index contributed by atoms with van der Waals surface area (Å²) in [6.45, 7) is 7.22. The third kappa shape index (κ3) is 3.74. The molecule has 2 N–H and O–H groups in total. The number of rotatable bonds is 7. The van der Waals surface area contributed by atoms with Crippen LogP contribution in [0, 0.1) is 6.92 Å². The Hall–Kier alpha value is -1.06.